The van der Waals surface area contributed by atoms with Gasteiger partial charge in [-0.1, -0.05) is 33.6 Å². The SMILES string of the molecule is CCCN1CCC(NC(=NCC(C(CC)CC)N2CCOCC2)NCC)CC1.I. The molecule has 0 saturated carbocycles. The summed E-state index contributed by atoms with van der Waals surface area (Å²) in [7, 11) is 0. The van der Waals surface area contributed by atoms with Gasteiger partial charge in [-0.15, -0.1) is 24.0 Å². The van der Waals surface area contributed by atoms with Gasteiger partial charge in [0.15, 0.2) is 5.96 Å². The zero-order chi connectivity index (χ0) is 20.2. The first-order valence-corrected chi connectivity index (χ1v) is 11.8. The van der Waals surface area contributed by atoms with E-state index in [0.29, 0.717) is 18.0 Å². The topological polar surface area (TPSA) is 52.1 Å². The first-order chi connectivity index (χ1) is 13.7. The van der Waals surface area contributed by atoms with Crippen LogP contribution in [0.15, 0.2) is 4.99 Å². The summed E-state index contributed by atoms with van der Waals surface area (Å²) < 4.78 is 5.58. The Hall–Kier alpha value is -0.120. The van der Waals surface area contributed by atoms with Crippen LogP contribution in [0.3, 0.4) is 0 Å². The summed E-state index contributed by atoms with van der Waals surface area (Å²) in [6.45, 7) is 18.3. The standard InChI is InChI=1S/C22H45N5O.HI/c1-5-11-26-12-9-20(10-13-26)25-22(23-8-4)24-18-21(19(6-2)7-3)27-14-16-28-17-15-27;/h19-21H,5-18H2,1-4H3,(H2,23,24,25);1H. The molecule has 0 aliphatic carbocycles. The molecule has 2 heterocycles. The number of nitrogens with zero attached hydrogens (tertiary/aromatic N) is 3. The number of likely N-dealkylation sites (tertiary alicyclic amines) is 1. The number of rotatable bonds is 10. The normalized spacial score (nSPS) is 21.1. The van der Waals surface area contributed by atoms with Gasteiger partial charge in [0.25, 0.3) is 0 Å². The van der Waals surface area contributed by atoms with Crippen LogP contribution >= 0.6 is 24.0 Å². The Labute approximate surface area is 196 Å². The number of piperidine rings is 1. The Kier molecular flexibility index (Phi) is 14.5. The van der Waals surface area contributed by atoms with E-state index in [-0.39, 0.29) is 24.0 Å². The molecule has 0 amide bonds. The fourth-order valence-corrected chi connectivity index (χ4v) is 4.62. The molecule has 2 saturated heterocycles. The summed E-state index contributed by atoms with van der Waals surface area (Å²) in [5.74, 6) is 1.70. The Morgan fingerprint density at radius 3 is 2.24 bits per heavy atom. The number of halogens is 1. The fraction of sp³-hybridized carbons (Fsp3) is 0.955. The van der Waals surface area contributed by atoms with Crippen molar-refractivity contribution in [1.82, 2.24) is 20.4 Å². The molecule has 2 aliphatic heterocycles. The molecule has 0 aromatic heterocycles. The molecule has 0 spiro atoms. The molecule has 0 bridgehead atoms. The molecule has 29 heavy (non-hydrogen) atoms. The maximum absolute atomic E-state index is 5.58. The third-order valence-electron chi connectivity index (χ3n) is 6.36. The van der Waals surface area contributed by atoms with Gasteiger partial charge in [-0.25, -0.2) is 0 Å². The number of guanidine groups is 1. The van der Waals surface area contributed by atoms with Crippen molar-refractivity contribution in [3.63, 3.8) is 0 Å². The van der Waals surface area contributed by atoms with Crippen molar-refractivity contribution in [1.29, 1.82) is 0 Å². The van der Waals surface area contributed by atoms with E-state index >= 15 is 0 Å². The maximum Gasteiger partial charge on any atom is 0.191 e. The number of ether oxygens (including phenoxy) is 1. The molecule has 7 heteroatoms. The second-order valence-corrected chi connectivity index (χ2v) is 8.27. The average Bonchev–Trinajstić information content (AvgIpc) is 2.73. The van der Waals surface area contributed by atoms with Gasteiger partial charge >= 0.3 is 0 Å². The monoisotopic (exact) mass is 523 g/mol. The zero-order valence-electron chi connectivity index (χ0n) is 19.3. The van der Waals surface area contributed by atoms with Crippen molar-refractivity contribution in [3.8, 4) is 0 Å². The average molecular weight is 524 g/mol. The molecule has 0 aromatic rings. The predicted octanol–water partition coefficient (Wildman–Crippen LogP) is 3.17. The minimum absolute atomic E-state index is 0. The van der Waals surface area contributed by atoms with E-state index in [2.05, 4.69) is 48.1 Å². The van der Waals surface area contributed by atoms with E-state index in [9.17, 15) is 0 Å². The Balaban J connectivity index is 0.00000420. The molecular formula is C22H46IN5O. The van der Waals surface area contributed by atoms with Gasteiger partial charge in [0, 0.05) is 44.8 Å². The maximum atomic E-state index is 5.58. The molecule has 1 unspecified atom stereocenters. The Morgan fingerprint density at radius 2 is 1.69 bits per heavy atom. The molecule has 172 valence electrons. The number of hydrogen-bond acceptors (Lipinski definition) is 4. The second kappa shape index (κ2) is 15.6. The lowest BCUT2D eigenvalue weighted by molar-refractivity contribution is 0.00394. The van der Waals surface area contributed by atoms with Gasteiger partial charge in [-0.2, -0.15) is 0 Å². The van der Waals surface area contributed by atoms with Crippen molar-refractivity contribution in [2.75, 3.05) is 59.0 Å². The van der Waals surface area contributed by atoms with Crippen LogP contribution in [0.5, 0.6) is 0 Å². The van der Waals surface area contributed by atoms with Crippen molar-refractivity contribution in [3.05, 3.63) is 0 Å². The second-order valence-electron chi connectivity index (χ2n) is 8.27. The van der Waals surface area contributed by atoms with E-state index in [1.807, 2.05) is 0 Å². The Morgan fingerprint density at radius 1 is 1.03 bits per heavy atom. The number of aliphatic imine (C=N–C) groups is 1. The number of nitrogens with one attached hydrogen (secondary N) is 2. The quantitative estimate of drug-likeness (QED) is 0.262. The van der Waals surface area contributed by atoms with Gasteiger partial charge in [0.1, 0.15) is 0 Å². The molecule has 6 nitrogen and oxygen atoms in total. The van der Waals surface area contributed by atoms with E-state index in [1.54, 1.807) is 0 Å². The zero-order valence-corrected chi connectivity index (χ0v) is 21.6. The lowest BCUT2D eigenvalue weighted by Gasteiger charge is -2.38. The summed E-state index contributed by atoms with van der Waals surface area (Å²) >= 11 is 0. The molecule has 2 aliphatic rings. The Bertz CT molecular complexity index is 433. The molecule has 2 rings (SSSR count). The smallest absolute Gasteiger partial charge is 0.191 e. The van der Waals surface area contributed by atoms with Crippen LogP contribution in [0.1, 0.15) is 59.8 Å². The number of morpholine rings is 1. The van der Waals surface area contributed by atoms with Crippen molar-refractivity contribution in [2.45, 2.75) is 71.9 Å². The van der Waals surface area contributed by atoms with Gasteiger partial charge in [0.05, 0.1) is 19.8 Å². The third kappa shape index (κ3) is 9.27. The first-order valence-electron chi connectivity index (χ1n) is 11.8. The third-order valence-corrected chi connectivity index (χ3v) is 6.36. The molecule has 0 radical (unpaired) electrons. The van der Waals surface area contributed by atoms with Crippen molar-refractivity contribution in [2.24, 2.45) is 10.9 Å². The molecule has 2 fully saturated rings. The van der Waals surface area contributed by atoms with Crippen molar-refractivity contribution < 1.29 is 4.74 Å². The van der Waals surface area contributed by atoms with E-state index in [4.69, 9.17) is 9.73 Å². The molecule has 0 aromatic carbocycles. The van der Waals surface area contributed by atoms with E-state index < -0.39 is 0 Å². The predicted molar refractivity (Wildman–Crippen MR) is 135 cm³/mol. The van der Waals surface area contributed by atoms with Gasteiger partial charge in [-0.3, -0.25) is 9.89 Å². The molecule has 2 N–H and O–H groups in total. The highest BCUT2D eigenvalue weighted by atomic mass is 127. The largest absolute Gasteiger partial charge is 0.379 e. The van der Waals surface area contributed by atoms with Crippen LogP contribution in [0, 0.1) is 5.92 Å². The highest BCUT2D eigenvalue weighted by molar-refractivity contribution is 14.0. The van der Waals surface area contributed by atoms with Crippen molar-refractivity contribution >= 4 is 29.9 Å². The van der Waals surface area contributed by atoms with Crippen LogP contribution in [0.2, 0.25) is 0 Å². The van der Waals surface area contributed by atoms with Crippen LogP contribution < -0.4 is 10.6 Å². The van der Waals surface area contributed by atoms with E-state index in [1.165, 1.54) is 51.7 Å². The first kappa shape index (κ1) is 26.9. The van der Waals surface area contributed by atoms with Crippen LogP contribution in [0.25, 0.3) is 0 Å². The summed E-state index contributed by atoms with van der Waals surface area (Å²) in [4.78, 5) is 10.2. The minimum atomic E-state index is 0. The lowest BCUT2D eigenvalue weighted by atomic mass is 9.92. The molecule has 1 atom stereocenters. The van der Waals surface area contributed by atoms with Crippen LogP contribution in [0.4, 0.5) is 0 Å². The summed E-state index contributed by atoms with van der Waals surface area (Å²) in [5.41, 5.74) is 0. The molecular weight excluding hydrogens is 477 g/mol. The minimum Gasteiger partial charge on any atom is -0.379 e. The lowest BCUT2D eigenvalue weighted by Crippen LogP contribution is -2.51. The van der Waals surface area contributed by atoms with Crippen LogP contribution in [-0.2, 0) is 4.74 Å². The number of hydrogen-bond donors (Lipinski definition) is 2. The van der Waals surface area contributed by atoms with Gasteiger partial charge in [-0.05, 0) is 38.6 Å². The van der Waals surface area contributed by atoms with Gasteiger partial charge in [0.2, 0.25) is 0 Å². The summed E-state index contributed by atoms with van der Waals surface area (Å²) in [6, 6.07) is 1.06. The van der Waals surface area contributed by atoms with Crippen LogP contribution in [-0.4, -0.2) is 86.9 Å². The summed E-state index contributed by atoms with van der Waals surface area (Å²) in [6.07, 6.45) is 6.11. The highest BCUT2D eigenvalue weighted by Gasteiger charge is 2.27. The highest BCUT2D eigenvalue weighted by Crippen LogP contribution is 2.20. The van der Waals surface area contributed by atoms with Gasteiger partial charge < -0.3 is 20.3 Å². The van der Waals surface area contributed by atoms with E-state index in [0.717, 1.165) is 45.4 Å². The fourth-order valence-electron chi connectivity index (χ4n) is 4.62. The summed E-state index contributed by atoms with van der Waals surface area (Å²) in [5, 5.41) is 7.20.